The van der Waals surface area contributed by atoms with Crippen LogP contribution in [0.4, 0.5) is 15.8 Å². The third-order valence-corrected chi connectivity index (χ3v) is 6.36. The van der Waals surface area contributed by atoms with E-state index in [2.05, 4.69) is 37.1 Å². The molecule has 0 aromatic heterocycles. The second kappa shape index (κ2) is 7.23. The maximum Gasteiger partial charge on any atom is 0.224 e. The highest BCUT2D eigenvalue weighted by atomic mass is 19.1. The molecule has 1 fully saturated rings. The van der Waals surface area contributed by atoms with Gasteiger partial charge < -0.3 is 10.2 Å². The lowest BCUT2D eigenvalue weighted by atomic mass is 9.93. The Balaban J connectivity index is 1.58. The number of nitrogens with one attached hydrogen (secondary N) is 1. The number of nitrogens with zero attached hydrogens (tertiary/aromatic N) is 1. The predicted molar refractivity (Wildman–Crippen MR) is 112 cm³/mol. The first-order chi connectivity index (χ1) is 13.3. The number of anilines is 2. The molecule has 4 heteroatoms. The van der Waals surface area contributed by atoms with Crippen molar-refractivity contribution in [2.24, 2.45) is 5.41 Å². The van der Waals surface area contributed by atoms with E-state index in [1.165, 1.54) is 28.8 Å². The molecule has 1 saturated carbocycles. The van der Waals surface area contributed by atoms with Crippen LogP contribution >= 0.6 is 0 Å². The molecule has 3 nitrogen and oxygen atoms in total. The predicted octanol–water partition coefficient (Wildman–Crippen LogP) is 5.52. The van der Waals surface area contributed by atoms with Crippen molar-refractivity contribution in [1.82, 2.24) is 0 Å². The number of rotatable bonds is 4. The van der Waals surface area contributed by atoms with Crippen molar-refractivity contribution in [2.45, 2.75) is 59.4 Å². The molecule has 2 aromatic rings. The fraction of sp³-hybridized carbons (Fsp3) is 0.458. The summed E-state index contributed by atoms with van der Waals surface area (Å²) in [6, 6.07) is 8.98. The molecule has 4 rings (SSSR count). The van der Waals surface area contributed by atoms with Crippen molar-refractivity contribution in [2.75, 3.05) is 16.8 Å². The van der Waals surface area contributed by atoms with Crippen LogP contribution in [0.3, 0.4) is 0 Å². The van der Waals surface area contributed by atoms with E-state index in [4.69, 9.17) is 0 Å². The second-order valence-electron chi connectivity index (χ2n) is 8.87. The molecule has 1 heterocycles. The lowest BCUT2D eigenvalue weighted by Gasteiger charge is -2.24. The zero-order chi connectivity index (χ0) is 19.9. The van der Waals surface area contributed by atoms with Gasteiger partial charge in [-0.2, -0.15) is 0 Å². The first kappa shape index (κ1) is 19.0. The largest absolute Gasteiger partial charge is 0.367 e. The van der Waals surface area contributed by atoms with Crippen LogP contribution in [0.5, 0.6) is 0 Å². The second-order valence-corrected chi connectivity index (χ2v) is 8.87. The molecule has 0 spiro atoms. The summed E-state index contributed by atoms with van der Waals surface area (Å²) in [4.78, 5) is 14.8. The summed E-state index contributed by atoms with van der Waals surface area (Å²) in [6.45, 7) is 8.16. The van der Waals surface area contributed by atoms with E-state index in [0.29, 0.717) is 6.42 Å². The van der Waals surface area contributed by atoms with E-state index in [1.807, 2.05) is 12.1 Å². The van der Waals surface area contributed by atoms with Crippen LogP contribution < -0.4 is 10.2 Å². The number of amides is 1. The van der Waals surface area contributed by atoms with E-state index >= 15 is 0 Å². The number of fused-ring (bicyclic) bond motifs is 1. The molecule has 0 unspecified atom stereocenters. The Hall–Kier alpha value is -2.36. The Morgan fingerprint density at radius 1 is 1.21 bits per heavy atom. The summed E-state index contributed by atoms with van der Waals surface area (Å²) in [5.41, 5.74) is 7.24. The zero-order valence-electron chi connectivity index (χ0n) is 17.1. The lowest BCUT2D eigenvalue weighted by Crippen LogP contribution is -2.22. The molecular formula is C24H29FN2O. The van der Waals surface area contributed by atoms with Gasteiger partial charge in [-0.25, -0.2) is 4.39 Å². The average Bonchev–Trinajstić information content (AvgIpc) is 3.40. The lowest BCUT2D eigenvalue weighted by molar-refractivity contribution is -0.117. The van der Waals surface area contributed by atoms with Crippen LogP contribution in [0.2, 0.25) is 0 Å². The van der Waals surface area contributed by atoms with E-state index in [-0.39, 0.29) is 17.1 Å². The van der Waals surface area contributed by atoms with Crippen LogP contribution in [0, 0.1) is 25.1 Å². The highest BCUT2D eigenvalue weighted by Crippen LogP contribution is 2.48. The number of aryl methyl sites for hydroxylation is 1. The van der Waals surface area contributed by atoms with Crippen molar-refractivity contribution < 1.29 is 9.18 Å². The number of hydrogen-bond acceptors (Lipinski definition) is 2. The molecule has 0 saturated heterocycles. The standard InChI is InChI=1S/C24H29FN2O/c1-16-13-18-15-27(20-8-6-19(25)7-9-20)12-4-5-21(18)17(2)23(16)26-22(28)14-24(3)10-11-24/h6-9,13H,4-5,10-12,14-15H2,1-3H3,(H,26,28). The monoisotopic (exact) mass is 380 g/mol. The third-order valence-electron chi connectivity index (χ3n) is 6.36. The van der Waals surface area contributed by atoms with Gasteiger partial charge in [-0.1, -0.05) is 13.0 Å². The maximum absolute atomic E-state index is 13.3. The quantitative estimate of drug-likeness (QED) is 0.757. The minimum atomic E-state index is -0.203. The summed E-state index contributed by atoms with van der Waals surface area (Å²) in [7, 11) is 0. The van der Waals surface area contributed by atoms with E-state index in [1.54, 1.807) is 0 Å². The Labute approximate surface area is 166 Å². The fourth-order valence-electron chi connectivity index (χ4n) is 4.35. The van der Waals surface area contributed by atoms with Gasteiger partial charge in [0.2, 0.25) is 5.91 Å². The fourth-order valence-corrected chi connectivity index (χ4v) is 4.35. The summed E-state index contributed by atoms with van der Waals surface area (Å²) in [5.74, 6) is -0.0705. The Morgan fingerprint density at radius 2 is 1.93 bits per heavy atom. The third kappa shape index (κ3) is 3.91. The molecular weight excluding hydrogens is 351 g/mol. The van der Waals surface area contributed by atoms with Gasteiger partial charge >= 0.3 is 0 Å². The van der Waals surface area contributed by atoms with Crippen LogP contribution in [0.1, 0.15) is 54.9 Å². The van der Waals surface area contributed by atoms with Gasteiger partial charge in [0.05, 0.1) is 0 Å². The molecule has 1 amide bonds. The highest BCUT2D eigenvalue weighted by Gasteiger charge is 2.39. The van der Waals surface area contributed by atoms with Crippen molar-refractivity contribution >= 4 is 17.3 Å². The van der Waals surface area contributed by atoms with E-state index < -0.39 is 0 Å². The van der Waals surface area contributed by atoms with E-state index in [9.17, 15) is 9.18 Å². The van der Waals surface area contributed by atoms with Crippen LogP contribution in [-0.2, 0) is 17.8 Å². The molecule has 28 heavy (non-hydrogen) atoms. The minimum Gasteiger partial charge on any atom is -0.367 e. The molecule has 148 valence electrons. The smallest absolute Gasteiger partial charge is 0.224 e. The summed E-state index contributed by atoms with van der Waals surface area (Å²) < 4.78 is 13.3. The zero-order valence-corrected chi connectivity index (χ0v) is 17.1. The molecule has 0 radical (unpaired) electrons. The first-order valence-electron chi connectivity index (χ1n) is 10.3. The van der Waals surface area contributed by atoms with Crippen molar-refractivity contribution in [3.63, 3.8) is 0 Å². The highest BCUT2D eigenvalue weighted by molar-refractivity contribution is 5.93. The van der Waals surface area contributed by atoms with Crippen LogP contribution in [-0.4, -0.2) is 12.5 Å². The number of benzene rings is 2. The Kier molecular flexibility index (Phi) is 4.90. The van der Waals surface area contributed by atoms with Gasteiger partial charge in [-0.3, -0.25) is 4.79 Å². The normalized spacial score (nSPS) is 17.6. The minimum absolute atomic E-state index is 0.132. The van der Waals surface area contributed by atoms with Gasteiger partial charge in [0, 0.05) is 30.9 Å². The van der Waals surface area contributed by atoms with Crippen molar-refractivity contribution in [3.8, 4) is 0 Å². The van der Waals surface area contributed by atoms with Crippen LogP contribution in [0.15, 0.2) is 30.3 Å². The Morgan fingerprint density at radius 3 is 2.61 bits per heavy atom. The topological polar surface area (TPSA) is 32.3 Å². The average molecular weight is 381 g/mol. The molecule has 2 aliphatic rings. The number of carbonyl (C=O) groups is 1. The van der Waals surface area contributed by atoms with Gasteiger partial charge in [-0.05, 0) is 91.5 Å². The molecule has 1 N–H and O–H groups in total. The van der Waals surface area contributed by atoms with Gasteiger partial charge in [-0.15, -0.1) is 0 Å². The SMILES string of the molecule is Cc1cc2c(c(C)c1NC(=O)CC1(C)CC1)CCCN(c1ccc(F)cc1)C2. The summed E-state index contributed by atoms with van der Waals surface area (Å²) >= 11 is 0. The number of halogens is 1. The van der Waals surface area contributed by atoms with Crippen molar-refractivity contribution in [1.29, 1.82) is 0 Å². The Bertz CT molecular complexity index is 900. The first-order valence-corrected chi connectivity index (χ1v) is 10.3. The van der Waals surface area contributed by atoms with Crippen LogP contribution in [0.25, 0.3) is 0 Å². The number of carbonyl (C=O) groups excluding carboxylic acids is 1. The maximum atomic E-state index is 13.3. The summed E-state index contributed by atoms with van der Waals surface area (Å²) in [6.07, 6.45) is 4.96. The molecule has 1 aliphatic carbocycles. The molecule has 0 bridgehead atoms. The summed E-state index contributed by atoms with van der Waals surface area (Å²) in [5, 5.41) is 3.20. The molecule has 0 atom stereocenters. The van der Waals surface area contributed by atoms with Gasteiger partial charge in [0.25, 0.3) is 0 Å². The molecule has 2 aromatic carbocycles. The van der Waals surface area contributed by atoms with Crippen molar-refractivity contribution in [3.05, 3.63) is 58.4 Å². The number of hydrogen-bond donors (Lipinski definition) is 1. The van der Waals surface area contributed by atoms with Gasteiger partial charge in [0.1, 0.15) is 5.82 Å². The van der Waals surface area contributed by atoms with Gasteiger partial charge in [0.15, 0.2) is 0 Å². The molecule has 1 aliphatic heterocycles. The van der Waals surface area contributed by atoms with E-state index in [0.717, 1.165) is 55.7 Å².